The molecule has 4 rings (SSSR count). The Balaban J connectivity index is 1.33. The molecular weight excluding hydrogens is 398 g/mol. The van der Waals surface area contributed by atoms with E-state index in [1.54, 1.807) is 16.8 Å². The lowest BCUT2D eigenvalue weighted by molar-refractivity contribution is -0.132. The molecule has 0 aromatic carbocycles. The molecule has 0 atom stereocenters. The van der Waals surface area contributed by atoms with Crippen LogP contribution >= 0.6 is 0 Å². The van der Waals surface area contributed by atoms with Crippen LogP contribution in [-0.2, 0) is 18.4 Å². The molecule has 166 valence electrons. The molecule has 6 heteroatoms. The van der Waals surface area contributed by atoms with Crippen molar-refractivity contribution in [3.8, 4) is 11.3 Å². The molecule has 0 N–H and O–H groups in total. The van der Waals surface area contributed by atoms with Crippen LogP contribution in [0.15, 0.2) is 73.7 Å². The van der Waals surface area contributed by atoms with E-state index in [0.29, 0.717) is 12.3 Å². The fourth-order valence-electron chi connectivity index (χ4n) is 4.40. The molecule has 3 aromatic rings. The number of nitrogens with zero attached hydrogens (tertiary/aromatic N) is 5. The fourth-order valence-corrected chi connectivity index (χ4v) is 4.40. The smallest absolute Gasteiger partial charge is 0.222 e. The number of amides is 1. The zero-order valence-electron chi connectivity index (χ0n) is 18.8. The predicted molar refractivity (Wildman–Crippen MR) is 129 cm³/mol. The second-order valence-corrected chi connectivity index (χ2v) is 8.48. The van der Waals surface area contributed by atoms with Gasteiger partial charge in [-0.3, -0.25) is 9.48 Å². The van der Waals surface area contributed by atoms with Crippen molar-refractivity contribution >= 4 is 16.9 Å². The van der Waals surface area contributed by atoms with Crippen molar-refractivity contribution in [2.75, 3.05) is 13.1 Å². The van der Waals surface area contributed by atoms with Crippen molar-refractivity contribution in [3.05, 3.63) is 73.7 Å². The lowest BCUT2D eigenvalue weighted by atomic mass is 9.96. The standard InChI is InChI=1S/C26H31N5O/c1-4-6-20(5-2)7-10-26(32)30-14-11-21(12-15-30)18-31-16-13-24-25(31)9-8-23(28-24)22-17-27-29(3)19-22/h4-6,8-9,13,16-17,19,21H,1-2,7,10-12,14-15,18H2,3H3/b20-6+. The van der Waals surface area contributed by atoms with E-state index in [4.69, 9.17) is 4.98 Å². The molecule has 0 saturated carbocycles. The number of carbonyl (C=O) groups is 1. The molecule has 6 nitrogen and oxygen atoms in total. The summed E-state index contributed by atoms with van der Waals surface area (Å²) in [5, 5.41) is 4.24. The Morgan fingerprint density at radius 1 is 1.19 bits per heavy atom. The van der Waals surface area contributed by atoms with Crippen molar-refractivity contribution in [2.24, 2.45) is 13.0 Å². The van der Waals surface area contributed by atoms with E-state index in [2.05, 4.69) is 47.2 Å². The highest BCUT2D eigenvalue weighted by Crippen LogP contribution is 2.25. The van der Waals surface area contributed by atoms with Gasteiger partial charge in [-0.2, -0.15) is 5.10 Å². The monoisotopic (exact) mass is 429 g/mol. The molecule has 32 heavy (non-hydrogen) atoms. The van der Waals surface area contributed by atoms with E-state index in [0.717, 1.165) is 66.8 Å². The summed E-state index contributed by atoms with van der Waals surface area (Å²) in [5.74, 6) is 0.802. The quantitative estimate of drug-likeness (QED) is 0.486. The first kappa shape index (κ1) is 21.8. The van der Waals surface area contributed by atoms with Crippen molar-refractivity contribution in [1.29, 1.82) is 0 Å². The third-order valence-corrected chi connectivity index (χ3v) is 6.27. The van der Waals surface area contributed by atoms with Gasteiger partial charge in [0.2, 0.25) is 5.91 Å². The first-order valence-corrected chi connectivity index (χ1v) is 11.2. The fraction of sp³-hybridized carbons (Fsp3) is 0.346. The van der Waals surface area contributed by atoms with Crippen LogP contribution in [0.1, 0.15) is 25.7 Å². The zero-order chi connectivity index (χ0) is 22.5. The van der Waals surface area contributed by atoms with Crippen molar-refractivity contribution < 1.29 is 4.79 Å². The topological polar surface area (TPSA) is 56.0 Å². The Morgan fingerprint density at radius 2 is 2.00 bits per heavy atom. The maximum Gasteiger partial charge on any atom is 0.222 e. The number of carbonyl (C=O) groups excluding carboxylic acids is 1. The van der Waals surface area contributed by atoms with Gasteiger partial charge >= 0.3 is 0 Å². The van der Waals surface area contributed by atoms with E-state index < -0.39 is 0 Å². The lowest BCUT2D eigenvalue weighted by Gasteiger charge is -2.32. The number of likely N-dealkylation sites (tertiary alicyclic amines) is 1. The summed E-state index contributed by atoms with van der Waals surface area (Å²) < 4.78 is 4.09. The summed E-state index contributed by atoms with van der Waals surface area (Å²) in [7, 11) is 1.91. The first-order chi connectivity index (χ1) is 15.6. The number of hydrogen-bond donors (Lipinski definition) is 0. The van der Waals surface area contributed by atoms with E-state index >= 15 is 0 Å². The predicted octanol–water partition coefficient (Wildman–Crippen LogP) is 4.75. The summed E-state index contributed by atoms with van der Waals surface area (Å²) >= 11 is 0. The molecule has 4 heterocycles. The molecular formula is C26H31N5O. The van der Waals surface area contributed by atoms with Crippen LogP contribution < -0.4 is 0 Å². The van der Waals surface area contributed by atoms with Gasteiger partial charge in [0, 0.05) is 51.1 Å². The molecule has 1 fully saturated rings. The number of rotatable bonds is 8. The second kappa shape index (κ2) is 9.81. The van der Waals surface area contributed by atoms with E-state index in [1.807, 2.05) is 30.4 Å². The Hall–Kier alpha value is -3.41. The zero-order valence-corrected chi connectivity index (χ0v) is 18.8. The van der Waals surface area contributed by atoms with Crippen molar-refractivity contribution in [1.82, 2.24) is 24.2 Å². The summed E-state index contributed by atoms with van der Waals surface area (Å²) in [5.41, 5.74) is 5.19. The minimum Gasteiger partial charge on any atom is -0.346 e. The highest BCUT2D eigenvalue weighted by Gasteiger charge is 2.23. The minimum atomic E-state index is 0.235. The average Bonchev–Trinajstić information content (AvgIpc) is 3.42. The molecule has 1 aliphatic rings. The third kappa shape index (κ3) is 4.90. The average molecular weight is 430 g/mol. The molecule has 1 saturated heterocycles. The number of hydrogen-bond acceptors (Lipinski definition) is 3. The van der Waals surface area contributed by atoms with E-state index in [9.17, 15) is 4.79 Å². The van der Waals surface area contributed by atoms with E-state index in [1.165, 1.54) is 0 Å². The molecule has 0 unspecified atom stereocenters. The summed E-state index contributed by atoms with van der Waals surface area (Å²) in [6.07, 6.45) is 14.7. The lowest BCUT2D eigenvalue weighted by Crippen LogP contribution is -2.39. The summed E-state index contributed by atoms with van der Waals surface area (Å²) in [4.78, 5) is 19.4. The first-order valence-electron chi connectivity index (χ1n) is 11.2. The Morgan fingerprint density at radius 3 is 2.69 bits per heavy atom. The van der Waals surface area contributed by atoms with Gasteiger partial charge in [-0.1, -0.05) is 31.4 Å². The highest BCUT2D eigenvalue weighted by atomic mass is 16.2. The van der Waals surface area contributed by atoms with Gasteiger partial charge in [-0.25, -0.2) is 4.98 Å². The molecule has 0 aliphatic carbocycles. The van der Waals surface area contributed by atoms with Gasteiger partial charge in [-0.05, 0) is 49.0 Å². The molecule has 1 amide bonds. The third-order valence-electron chi connectivity index (χ3n) is 6.27. The summed E-state index contributed by atoms with van der Waals surface area (Å²) in [6.45, 7) is 10.1. The molecule has 1 aliphatic heterocycles. The van der Waals surface area contributed by atoms with Gasteiger partial charge in [0.25, 0.3) is 0 Å². The molecule has 3 aromatic heterocycles. The van der Waals surface area contributed by atoms with Crippen LogP contribution in [0.25, 0.3) is 22.3 Å². The number of fused-ring (bicyclic) bond motifs is 1. The highest BCUT2D eigenvalue weighted by molar-refractivity contribution is 5.79. The van der Waals surface area contributed by atoms with Crippen LogP contribution in [0.2, 0.25) is 0 Å². The Bertz CT molecular complexity index is 1140. The molecule has 0 bridgehead atoms. The van der Waals surface area contributed by atoms with Crippen molar-refractivity contribution in [3.63, 3.8) is 0 Å². The normalized spacial score (nSPS) is 15.3. The van der Waals surface area contributed by atoms with Crippen LogP contribution in [0.3, 0.4) is 0 Å². The van der Waals surface area contributed by atoms with Crippen LogP contribution in [0.4, 0.5) is 0 Å². The van der Waals surface area contributed by atoms with Gasteiger partial charge in [0.15, 0.2) is 0 Å². The molecule has 0 spiro atoms. The van der Waals surface area contributed by atoms with Crippen LogP contribution in [-0.4, -0.2) is 43.2 Å². The van der Waals surface area contributed by atoms with Gasteiger partial charge < -0.3 is 9.47 Å². The maximum atomic E-state index is 12.6. The van der Waals surface area contributed by atoms with Crippen LogP contribution in [0.5, 0.6) is 0 Å². The van der Waals surface area contributed by atoms with Gasteiger partial charge in [0.1, 0.15) is 0 Å². The van der Waals surface area contributed by atoms with Crippen LogP contribution in [0, 0.1) is 5.92 Å². The number of aromatic nitrogens is 4. The minimum absolute atomic E-state index is 0.235. The van der Waals surface area contributed by atoms with E-state index in [-0.39, 0.29) is 5.91 Å². The van der Waals surface area contributed by atoms with Crippen molar-refractivity contribution in [2.45, 2.75) is 32.2 Å². The second-order valence-electron chi connectivity index (χ2n) is 8.48. The number of allylic oxidation sites excluding steroid dienone is 4. The number of piperidine rings is 1. The summed E-state index contributed by atoms with van der Waals surface area (Å²) in [6, 6.07) is 6.30. The Labute approximate surface area is 189 Å². The van der Waals surface area contributed by atoms with Gasteiger partial charge in [0.05, 0.1) is 22.9 Å². The molecule has 0 radical (unpaired) electrons. The number of aryl methyl sites for hydroxylation is 1. The Kier molecular flexibility index (Phi) is 6.69. The SMILES string of the molecule is C=C/C=C(\C=C)CCC(=O)N1CCC(Cn2ccc3nc(-c4cnn(C)c4)ccc32)CC1. The largest absolute Gasteiger partial charge is 0.346 e. The number of pyridine rings is 1. The van der Waals surface area contributed by atoms with Gasteiger partial charge in [-0.15, -0.1) is 0 Å². The maximum absolute atomic E-state index is 12.6.